The largest absolute Gasteiger partial charge is 0.0813 e. The minimum atomic E-state index is 0.634. The number of benzene rings is 1. The molecule has 0 saturated heterocycles. The van der Waals surface area contributed by atoms with Gasteiger partial charge in [-0.3, -0.25) is 0 Å². The molecule has 106 valence electrons. The topological polar surface area (TPSA) is 0 Å². The van der Waals surface area contributed by atoms with Crippen LogP contribution in [-0.2, 0) is 0 Å². The maximum atomic E-state index is 2.61. The highest BCUT2D eigenvalue weighted by atomic mass is 28.2. The van der Waals surface area contributed by atoms with E-state index in [1.807, 2.05) is 0 Å². The Morgan fingerprint density at radius 2 is 1.45 bits per heavy atom. The zero-order valence-corrected chi connectivity index (χ0v) is 13.8. The zero-order chi connectivity index (χ0) is 13.7. The first kappa shape index (κ1) is 13.1. The first-order valence-electron chi connectivity index (χ1n) is 8.45. The lowest BCUT2D eigenvalue weighted by atomic mass is 9.71. The normalized spacial score (nSPS) is 42.6. The summed E-state index contributed by atoms with van der Waals surface area (Å²) in [5.41, 5.74) is 2.20. The van der Waals surface area contributed by atoms with Gasteiger partial charge in [0.15, 0.2) is 0 Å². The standard InChI is InChI=1S/C19H26Si/c1-17(15-20-16-7-3-2-4-8-16)13-18-9-5-10-19(18,14-17)12-6-11-18/h2-4,7-8H,5-6,9-15H2,1H3. The highest BCUT2D eigenvalue weighted by Crippen LogP contribution is 2.75. The fourth-order valence-corrected chi connectivity index (χ4v) is 7.57. The third-order valence-electron chi connectivity index (χ3n) is 6.77. The van der Waals surface area contributed by atoms with Gasteiger partial charge in [-0.25, -0.2) is 0 Å². The Bertz CT molecular complexity index is 460. The van der Waals surface area contributed by atoms with Gasteiger partial charge in [-0.1, -0.05) is 61.3 Å². The lowest BCUT2D eigenvalue weighted by Gasteiger charge is -2.33. The Hall–Kier alpha value is -0.563. The van der Waals surface area contributed by atoms with Gasteiger partial charge in [-0.05, 0) is 54.8 Å². The first-order valence-corrected chi connectivity index (χ1v) is 9.65. The van der Waals surface area contributed by atoms with Crippen LogP contribution < -0.4 is 5.19 Å². The van der Waals surface area contributed by atoms with E-state index >= 15 is 0 Å². The fraction of sp³-hybridized carbons (Fsp3) is 0.684. The van der Waals surface area contributed by atoms with Crippen molar-refractivity contribution in [2.75, 3.05) is 0 Å². The van der Waals surface area contributed by atoms with Gasteiger partial charge in [0.25, 0.3) is 0 Å². The molecule has 0 heterocycles. The van der Waals surface area contributed by atoms with Crippen molar-refractivity contribution in [3.8, 4) is 0 Å². The number of rotatable bonds is 3. The summed E-state index contributed by atoms with van der Waals surface area (Å²) in [7, 11) is 1.01. The molecule has 3 fully saturated rings. The molecule has 0 unspecified atom stereocenters. The summed E-state index contributed by atoms with van der Waals surface area (Å²) in [4.78, 5) is 0. The van der Waals surface area contributed by atoms with Crippen LogP contribution in [0.2, 0.25) is 6.04 Å². The summed E-state index contributed by atoms with van der Waals surface area (Å²) < 4.78 is 0. The summed E-state index contributed by atoms with van der Waals surface area (Å²) in [6.07, 6.45) is 12.3. The first-order chi connectivity index (χ1) is 9.66. The van der Waals surface area contributed by atoms with Crippen molar-refractivity contribution < 1.29 is 0 Å². The molecule has 0 N–H and O–H groups in total. The number of hydrogen-bond donors (Lipinski definition) is 0. The lowest BCUT2D eigenvalue weighted by Crippen LogP contribution is -2.25. The predicted molar refractivity (Wildman–Crippen MR) is 86.5 cm³/mol. The summed E-state index contributed by atoms with van der Waals surface area (Å²) >= 11 is 0. The van der Waals surface area contributed by atoms with E-state index in [2.05, 4.69) is 37.3 Å². The molecular formula is C19H26Si. The summed E-state index contributed by atoms with van der Waals surface area (Å²) in [6.45, 7) is 2.61. The maximum Gasteiger partial charge on any atom is 0.0813 e. The SMILES string of the molecule is CC1(C[Si]c2ccccc2)CC23CCCC2(CCC3)C1. The third kappa shape index (κ3) is 1.85. The second-order valence-electron chi connectivity index (χ2n) is 8.15. The van der Waals surface area contributed by atoms with Crippen molar-refractivity contribution in [3.63, 3.8) is 0 Å². The molecule has 0 aromatic heterocycles. The average molecular weight is 283 g/mol. The van der Waals surface area contributed by atoms with Crippen LogP contribution in [0.4, 0.5) is 0 Å². The van der Waals surface area contributed by atoms with Gasteiger partial charge < -0.3 is 0 Å². The molecule has 0 bridgehead atoms. The Morgan fingerprint density at radius 3 is 2.00 bits per heavy atom. The Labute approximate surface area is 126 Å². The van der Waals surface area contributed by atoms with E-state index in [-0.39, 0.29) is 0 Å². The van der Waals surface area contributed by atoms with E-state index in [4.69, 9.17) is 0 Å². The van der Waals surface area contributed by atoms with Gasteiger partial charge >= 0.3 is 0 Å². The van der Waals surface area contributed by atoms with Crippen molar-refractivity contribution in [2.24, 2.45) is 16.2 Å². The van der Waals surface area contributed by atoms with E-state index in [1.165, 1.54) is 18.9 Å². The van der Waals surface area contributed by atoms with Crippen LogP contribution in [0.15, 0.2) is 30.3 Å². The minimum absolute atomic E-state index is 0.634. The molecule has 1 heteroatoms. The highest BCUT2D eigenvalue weighted by Gasteiger charge is 2.64. The van der Waals surface area contributed by atoms with Crippen LogP contribution in [-0.4, -0.2) is 9.52 Å². The van der Waals surface area contributed by atoms with E-state index in [9.17, 15) is 0 Å². The molecule has 4 rings (SSSR count). The molecule has 20 heavy (non-hydrogen) atoms. The molecule has 3 aliphatic carbocycles. The number of hydrogen-bond acceptors (Lipinski definition) is 0. The third-order valence-corrected chi connectivity index (χ3v) is 8.54. The molecule has 1 aromatic carbocycles. The van der Waals surface area contributed by atoms with Gasteiger partial charge in [0.1, 0.15) is 0 Å². The maximum absolute atomic E-state index is 2.61. The molecule has 0 aliphatic heterocycles. The van der Waals surface area contributed by atoms with Gasteiger partial charge in [0, 0.05) is 0 Å². The Balaban J connectivity index is 1.50. The van der Waals surface area contributed by atoms with Gasteiger partial charge in [0.2, 0.25) is 0 Å². The molecule has 3 saturated carbocycles. The highest BCUT2D eigenvalue weighted by molar-refractivity contribution is 6.53. The average Bonchev–Trinajstić information content (AvgIpc) is 2.97. The van der Waals surface area contributed by atoms with Gasteiger partial charge in [-0.2, -0.15) is 0 Å². The second-order valence-corrected chi connectivity index (χ2v) is 9.44. The lowest BCUT2D eigenvalue weighted by molar-refractivity contribution is 0.157. The van der Waals surface area contributed by atoms with Crippen molar-refractivity contribution in [2.45, 2.75) is 64.3 Å². The smallest absolute Gasteiger partial charge is 0.0642 e. The Kier molecular flexibility index (Phi) is 2.93. The molecule has 2 radical (unpaired) electrons. The molecule has 3 aliphatic rings. The van der Waals surface area contributed by atoms with E-state index in [0.29, 0.717) is 5.41 Å². The molecular weight excluding hydrogens is 256 g/mol. The summed E-state index contributed by atoms with van der Waals surface area (Å²) in [5, 5.41) is 1.56. The van der Waals surface area contributed by atoms with Crippen LogP contribution in [0.3, 0.4) is 0 Å². The van der Waals surface area contributed by atoms with Crippen LogP contribution in [0.25, 0.3) is 0 Å². The van der Waals surface area contributed by atoms with Crippen LogP contribution in [0, 0.1) is 16.2 Å². The summed E-state index contributed by atoms with van der Waals surface area (Å²) in [5.74, 6) is 0. The van der Waals surface area contributed by atoms with Crippen molar-refractivity contribution >= 4 is 14.7 Å². The molecule has 0 spiro atoms. The van der Waals surface area contributed by atoms with Crippen LogP contribution >= 0.6 is 0 Å². The molecule has 0 amide bonds. The quantitative estimate of drug-likeness (QED) is 0.712. The second kappa shape index (κ2) is 4.46. The predicted octanol–water partition coefficient (Wildman–Crippen LogP) is 4.58. The monoisotopic (exact) mass is 282 g/mol. The van der Waals surface area contributed by atoms with Crippen molar-refractivity contribution in [1.29, 1.82) is 0 Å². The van der Waals surface area contributed by atoms with Crippen LogP contribution in [0.5, 0.6) is 0 Å². The molecule has 1 aromatic rings. The van der Waals surface area contributed by atoms with E-state index in [1.54, 1.807) is 43.7 Å². The van der Waals surface area contributed by atoms with Crippen molar-refractivity contribution in [1.82, 2.24) is 0 Å². The van der Waals surface area contributed by atoms with Crippen molar-refractivity contribution in [3.05, 3.63) is 30.3 Å². The van der Waals surface area contributed by atoms with Crippen LogP contribution in [0.1, 0.15) is 58.3 Å². The Morgan fingerprint density at radius 1 is 0.900 bits per heavy atom. The minimum Gasteiger partial charge on any atom is -0.0642 e. The van der Waals surface area contributed by atoms with Gasteiger partial charge in [0.05, 0.1) is 9.52 Å². The molecule has 0 nitrogen and oxygen atoms in total. The van der Waals surface area contributed by atoms with E-state index in [0.717, 1.165) is 20.3 Å². The summed E-state index contributed by atoms with van der Waals surface area (Å²) in [6, 6.07) is 12.6. The molecule has 0 atom stereocenters. The van der Waals surface area contributed by atoms with Gasteiger partial charge in [-0.15, -0.1) is 0 Å². The zero-order valence-electron chi connectivity index (χ0n) is 12.8. The van der Waals surface area contributed by atoms with E-state index < -0.39 is 0 Å². The fourth-order valence-electron chi connectivity index (χ4n) is 6.26.